The average molecular weight is 711 g/mol. The van der Waals surface area contributed by atoms with Crippen LogP contribution >= 0.6 is 11.3 Å². The van der Waals surface area contributed by atoms with Crippen molar-refractivity contribution in [3.8, 4) is 11.5 Å². The Bertz CT molecular complexity index is 1980. The molecule has 4 aliphatic rings. The smallest absolute Gasteiger partial charge is 0.407 e. The van der Waals surface area contributed by atoms with Gasteiger partial charge in [-0.25, -0.2) is 14.6 Å². The van der Waals surface area contributed by atoms with Gasteiger partial charge in [-0.05, 0) is 71.5 Å². The Kier molecular flexibility index (Phi) is 8.80. The number of hydrogen-bond acceptors (Lipinski definition) is 9. The number of fused-ring (bicyclic) bond motifs is 1. The van der Waals surface area contributed by atoms with Gasteiger partial charge in [-0.2, -0.15) is 0 Å². The number of allylic oxidation sites excluding steroid dienone is 1. The van der Waals surface area contributed by atoms with Gasteiger partial charge in [-0.3, -0.25) is 9.80 Å². The van der Waals surface area contributed by atoms with Crippen molar-refractivity contribution in [1.82, 2.24) is 24.7 Å². The zero-order valence-corrected chi connectivity index (χ0v) is 30.4. The Morgan fingerprint density at radius 1 is 1.00 bits per heavy atom. The lowest BCUT2D eigenvalue weighted by molar-refractivity contribution is -0.105. The van der Waals surface area contributed by atoms with E-state index in [1.165, 1.54) is 34.4 Å². The molecule has 11 nitrogen and oxygen atoms in total. The van der Waals surface area contributed by atoms with Crippen LogP contribution in [-0.4, -0.2) is 108 Å². The van der Waals surface area contributed by atoms with E-state index in [9.17, 15) is 14.7 Å². The molecule has 3 fully saturated rings. The molecule has 3 saturated heterocycles. The van der Waals surface area contributed by atoms with Gasteiger partial charge < -0.3 is 29.4 Å². The summed E-state index contributed by atoms with van der Waals surface area (Å²) in [6.07, 6.45) is 6.13. The van der Waals surface area contributed by atoms with Gasteiger partial charge in [0.1, 0.15) is 22.7 Å². The van der Waals surface area contributed by atoms with E-state index in [1.807, 2.05) is 41.8 Å². The van der Waals surface area contributed by atoms with Crippen LogP contribution in [0.25, 0.3) is 16.6 Å². The van der Waals surface area contributed by atoms with Gasteiger partial charge in [0.15, 0.2) is 0 Å². The van der Waals surface area contributed by atoms with E-state index < -0.39 is 12.1 Å². The number of nitrogens with one attached hydrogen (secondary N) is 1. The van der Waals surface area contributed by atoms with Crippen molar-refractivity contribution in [2.75, 3.05) is 70.9 Å². The first-order chi connectivity index (χ1) is 24.5. The van der Waals surface area contributed by atoms with Crippen molar-refractivity contribution in [2.45, 2.75) is 39.7 Å². The molecule has 1 aromatic carbocycles. The van der Waals surface area contributed by atoms with E-state index in [0.29, 0.717) is 30.2 Å². The van der Waals surface area contributed by atoms with E-state index in [1.54, 1.807) is 17.8 Å². The number of hydrogen-bond donors (Lipinski definition) is 2. The van der Waals surface area contributed by atoms with E-state index in [-0.39, 0.29) is 10.8 Å². The summed E-state index contributed by atoms with van der Waals surface area (Å²) in [6, 6.07) is 12.0. The largest absolute Gasteiger partial charge is 0.465 e. The summed E-state index contributed by atoms with van der Waals surface area (Å²) in [5, 5.41) is 12.5. The van der Waals surface area contributed by atoms with Gasteiger partial charge >= 0.3 is 12.1 Å². The molecular formula is C39H46N6O5S. The number of piperazine rings is 1. The Balaban J connectivity index is 0.921. The minimum Gasteiger partial charge on any atom is -0.465 e. The Labute approximate surface area is 302 Å². The normalized spacial score (nSPS) is 20.4. The molecule has 268 valence electrons. The van der Waals surface area contributed by atoms with Gasteiger partial charge in [0, 0.05) is 99.1 Å². The molecule has 0 atom stereocenters. The molecular weight excluding hydrogens is 665 g/mol. The number of carbonyl (C=O) groups is 2. The van der Waals surface area contributed by atoms with Crippen LogP contribution in [0.1, 0.15) is 53.9 Å². The zero-order chi connectivity index (χ0) is 35.3. The number of likely N-dealkylation sites (tertiary alicyclic amines) is 2. The minimum atomic E-state index is -0.797. The topological polar surface area (TPSA) is 114 Å². The summed E-state index contributed by atoms with van der Waals surface area (Å²) in [4.78, 5) is 41.7. The number of amides is 1. The molecule has 0 unspecified atom stereocenters. The first kappa shape index (κ1) is 33.7. The summed E-state index contributed by atoms with van der Waals surface area (Å²) in [6.45, 7) is 13.7. The van der Waals surface area contributed by atoms with Gasteiger partial charge in [-0.1, -0.05) is 19.4 Å². The number of aromatic amines is 1. The Hall–Kier alpha value is -4.39. The molecule has 1 amide bonds. The predicted octanol–water partition coefficient (Wildman–Crippen LogP) is 6.78. The molecule has 1 spiro atoms. The first-order valence-corrected chi connectivity index (χ1v) is 18.7. The third kappa shape index (κ3) is 6.96. The highest BCUT2D eigenvalue weighted by Crippen LogP contribution is 2.46. The van der Waals surface area contributed by atoms with Crippen LogP contribution in [-0.2, 0) is 11.3 Å². The first-order valence-electron chi connectivity index (χ1n) is 17.8. The molecule has 3 aromatic heterocycles. The molecule has 0 saturated carbocycles. The zero-order valence-electron chi connectivity index (χ0n) is 29.6. The second-order valence-corrected chi connectivity index (χ2v) is 16.6. The monoisotopic (exact) mass is 710 g/mol. The van der Waals surface area contributed by atoms with E-state index in [0.717, 1.165) is 81.9 Å². The fourth-order valence-corrected chi connectivity index (χ4v) is 9.36. The standard InChI is InChI=1S/C39H46N6O5S/c1-38(2)8-6-28(32(17-38)34-14-26(21-51-34)19-43-22-39(23-43)24-45(25-39)37(47)48)20-42-10-12-44(13-11-42)29-4-5-31(36(46)49-3)33(16-29)50-30-15-27-7-9-40-35(27)41-18-30/h4-5,7,9,14-16,18,21H,6,8,10-13,17,19-20,22-25H2,1-3H3,(H,40,41)(H,47,48). The summed E-state index contributed by atoms with van der Waals surface area (Å²) in [5.74, 6) is 0.574. The van der Waals surface area contributed by atoms with Gasteiger partial charge in [-0.15, -0.1) is 11.3 Å². The number of methoxy groups -OCH3 is 1. The molecule has 3 aliphatic heterocycles. The third-order valence-corrected chi connectivity index (χ3v) is 12.1. The lowest BCUT2D eigenvalue weighted by Gasteiger charge is -2.59. The SMILES string of the molecule is COC(=O)c1ccc(N2CCN(CC3=C(c4cc(CN5CC6(C5)CN(C(=O)O)C6)cs4)CC(C)(C)CC3)CC2)cc1Oc1cnc2[nH]ccc2c1. The second-order valence-electron chi connectivity index (χ2n) is 15.6. The van der Waals surface area contributed by atoms with Crippen molar-refractivity contribution in [3.05, 3.63) is 75.7 Å². The number of thiophene rings is 1. The van der Waals surface area contributed by atoms with E-state index >= 15 is 0 Å². The van der Waals surface area contributed by atoms with Crippen molar-refractivity contribution < 1.29 is 24.2 Å². The van der Waals surface area contributed by atoms with Gasteiger partial charge in [0.05, 0.1) is 13.3 Å². The molecule has 2 N–H and O–H groups in total. The molecule has 0 bridgehead atoms. The molecule has 51 heavy (non-hydrogen) atoms. The summed E-state index contributed by atoms with van der Waals surface area (Å²) in [5.41, 5.74) is 7.12. The Morgan fingerprint density at radius 2 is 1.80 bits per heavy atom. The number of carbonyl (C=O) groups excluding carboxylic acids is 1. The van der Waals surface area contributed by atoms with Gasteiger partial charge in [0.2, 0.25) is 0 Å². The van der Waals surface area contributed by atoms with Crippen LogP contribution in [0.5, 0.6) is 11.5 Å². The predicted molar refractivity (Wildman–Crippen MR) is 199 cm³/mol. The summed E-state index contributed by atoms with van der Waals surface area (Å²) in [7, 11) is 1.38. The Morgan fingerprint density at radius 3 is 2.57 bits per heavy atom. The lowest BCUT2D eigenvalue weighted by Crippen LogP contribution is -2.72. The molecule has 1 aliphatic carbocycles. The van der Waals surface area contributed by atoms with Crippen LogP contribution in [0.4, 0.5) is 10.5 Å². The second kappa shape index (κ2) is 13.3. The van der Waals surface area contributed by atoms with Crippen LogP contribution in [0.2, 0.25) is 0 Å². The highest BCUT2D eigenvalue weighted by atomic mass is 32.1. The fraction of sp³-hybridized carbons (Fsp3) is 0.462. The van der Waals surface area contributed by atoms with Crippen molar-refractivity contribution in [1.29, 1.82) is 0 Å². The minimum absolute atomic E-state index is 0.183. The maximum atomic E-state index is 12.6. The maximum absolute atomic E-state index is 12.6. The summed E-state index contributed by atoms with van der Waals surface area (Å²) < 4.78 is 11.3. The van der Waals surface area contributed by atoms with Crippen LogP contribution in [0.15, 0.2) is 59.7 Å². The maximum Gasteiger partial charge on any atom is 0.407 e. The van der Waals surface area contributed by atoms with E-state index in [2.05, 4.69) is 50.0 Å². The van der Waals surface area contributed by atoms with Crippen molar-refractivity contribution in [2.24, 2.45) is 10.8 Å². The average Bonchev–Trinajstić information content (AvgIpc) is 3.75. The number of carboxylic acid groups (broad SMARTS) is 1. The molecule has 0 radical (unpaired) electrons. The van der Waals surface area contributed by atoms with Crippen LogP contribution in [0, 0.1) is 10.8 Å². The van der Waals surface area contributed by atoms with E-state index in [4.69, 9.17) is 9.47 Å². The quantitative estimate of drug-likeness (QED) is 0.181. The molecule has 4 aromatic rings. The molecule has 12 heteroatoms. The highest BCUT2D eigenvalue weighted by molar-refractivity contribution is 7.11. The van der Waals surface area contributed by atoms with Crippen LogP contribution in [0.3, 0.4) is 0 Å². The highest BCUT2D eigenvalue weighted by Gasteiger charge is 2.53. The van der Waals surface area contributed by atoms with Crippen molar-refractivity contribution in [3.63, 3.8) is 0 Å². The third-order valence-electron chi connectivity index (χ3n) is 11.1. The van der Waals surface area contributed by atoms with Crippen molar-refractivity contribution >= 4 is 45.7 Å². The van der Waals surface area contributed by atoms with Crippen LogP contribution < -0.4 is 9.64 Å². The number of ether oxygens (including phenoxy) is 2. The molecule has 8 rings (SSSR count). The number of H-pyrrole nitrogens is 1. The number of anilines is 1. The fourth-order valence-electron chi connectivity index (χ4n) is 8.36. The molecule has 6 heterocycles. The number of benzene rings is 1. The number of nitrogens with zero attached hydrogens (tertiary/aromatic N) is 5. The number of rotatable bonds is 9. The summed E-state index contributed by atoms with van der Waals surface area (Å²) >= 11 is 1.88. The number of aromatic nitrogens is 2. The lowest BCUT2D eigenvalue weighted by atomic mass is 9.73. The number of pyridine rings is 1. The van der Waals surface area contributed by atoms with Gasteiger partial charge in [0.25, 0.3) is 0 Å². The number of esters is 1.